The maximum absolute atomic E-state index is 7.26. The highest BCUT2D eigenvalue weighted by Gasteiger charge is 1.39. The fourth-order valence-corrected chi connectivity index (χ4v) is 0. The molecule has 0 aliphatic rings. The van der Waals surface area contributed by atoms with Gasteiger partial charge in [0.1, 0.15) is 0 Å². The third-order valence-electron chi connectivity index (χ3n) is 0.0500. The lowest BCUT2D eigenvalue weighted by atomic mass is 10.9. The van der Waals surface area contributed by atoms with Gasteiger partial charge in [-0.15, -0.1) is 13.2 Å². The van der Waals surface area contributed by atoms with Gasteiger partial charge in [-0.2, -0.15) is 10.5 Å². The highest BCUT2D eigenvalue weighted by molar-refractivity contribution is 4.99. The second kappa shape index (κ2) is 53.1. The molecule has 0 radical (unpaired) electrons. The molecule has 0 aliphatic carbocycles. The monoisotopic (exact) mass is 80.0 g/mol. The van der Waals surface area contributed by atoms with Crippen molar-refractivity contribution in [1.82, 2.24) is 0 Å². The average Bonchev–Trinajstić information content (AvgIpc) is 1.72. The Hall–Kier alpha value is -1.28. The number of rotatable bonds is 0. The van der Waals surface area contributed by atoms with Crippen molar-refractivity contribution in [2.24, 2.45) is 0 Å². The van der Waals surface area contributed by atoms with Gasteiger partial charge in [0.15, 0.2) is 12.1 Å². The van der Waals surface area contributed by atoms with E-state index in [0.717, 1.165) is 0 Å². The van der Waals surface area contributed by atoms with Crippen LogP contribution in [0.2, 0.25) is 0 Å². The van der Waals surface area contributed by atoms with Crippen molar-refractivity contribution in [1.29, 1.82) is 10.5 Å². The molecule has 0 heterocycles. The van der Waals surface area contributed by atoms with E-state index in [0.29, 0.717) is 0 Å². The van der Waals surface area contributed by atoms with Gasteiger partial charge < -0.3 is 0 Å². The van der Waals surface area contributed by atoms with Gasteiger partial charge in [-0.1, -0.05) is 0 Å². The van der Waals surface area contributed by atoms with Crippen molar-refractivity contribution in [2.75, 3.05) is 0 Å². The van der Waals surface area contributed by atoms with Crippen molar-refractivity contribution < 1.29 is 0 Å². The molecule has 30 valence electrons. The predicted molar refractivity (Wildman–Crippen MR) is 22.5 cm³/mol. The molecule has 0 aromatic heterocycles. The zero-order chi connectivity index (χ0) is 5.41. The smallest absolute Gasteiger partial charge is 0.181 e. The van der Waals surface area contributed by atoms with Crippen LogP contribution in [0.1, 0.15) is 0 Å². The molecule has 0 bridgehead atoms. The summed E-state index contributed by atoms with van der Waals surface area (Å²) in [4.78, 5) is 0. The molecule has 0 unspecified atom stereocenters. The molecule has 0 aromatic carbocycles. The first kappa shape index (κ1) is 8.83. The van der Waals surface area contributed by atoms with Gasteiger partial charge in [-0.3, -0.25) is 0 Å². The van der Waals surface area contributed by atoms with Crippen LogP contribution in [-0.2, 0) is 0 Å². The molecule has 0 aromatic rings. The Balaban J connectivity index is 0. The topological polar surface area (TPSA) is 47.6 Å². The quantitative estimate of drug-likeness (QED) is 0.405. The Labute approximate surface area is 36.9 Å². The highest BCUT2D eigenvalue weighted by atomic mass is 14.3. The molecular formula is C4H4N2. The lowest BCUT2D eigenvalue weighted by Gasteiger charge is -1.16. The van der Waals surface area contributed by atoms with Gasteiger partial charge in [0.2, 0.25) is 0 Å². The number of hydrogen-bond acceptors (Lipinski definition) is 2. The fourth-order valence-electron chi connectivity index (χ4n) is 0. The van der Waals surface area contributed by atoms with Crippen LogP contribution in [0.4, 0.5) is 0 Å². The van der Waals surface area contributed by atoms with E-state index in [2.05, 4.69) is 13.2 Å². The van der Waals surface area contributed by atoms with E-state index in [-0.39, 0.29) is 0 Å². The molecule has 2 nitrogen and oxygen atoms in total. The molecule has 0 atom stereocenters. The van der Waals surface area contributed by atoms with E-state index in [4.69, 9.17) is 10.5 Å². The molecule has 0 saturated heterocycles. The van der Waals surface area contributed by atoms with Crippen molar-refractivity contribution in [2.45, 2.75) is 0 Å². The van der Waals surface area contributed by atoms with Gasteiger partial charge in [0.05, 0.1) is 0 Å². The van der Waals surface area contributed by atoms with Crippen LogP contribution >= 0.6 is 0 Å². The van der Waals surface area contributed by atoms with Crippen LogP contribution in [0.5, 0.6) is 0 Å². The van der Waals surface area contributed by atoms with Gasteiger partial charge in [-0.05, 0) is 0 Å². The van der Waals surface area contributed by atoms with Crippen LogP contribution in [0.25, 0.3) is 0 Å². The summed E-state index contributed by atoms with van der Waals surface area (Å²) in [6, 6.07) is 2.47. The van der Waals surface area contributed by atoms with E-state index < -0.39 is 0 Å². The van der Waals surface area contributed by atoms with E-state index in [1.165, 1.54) is 12.1 Å². The highest BCUT2D eigenvalue weighted by Crippen LogP contribution is 1.27. The molecule has 0 saturated carbocycles. The van der Waals surface area contributed by atoms with Crippen molar-refractivity contribution >= 4 is 0 Å². The molecule has 0 fully saturated rings. The summed E-state index contributed by atoms with van der Waals surface area (Å²) in [5, 5.41) is 14.5. The Morgan fingerprint density at radius 2 is 1.17 bits per heavy atom. The molecular weight excluding hydrogens is 76.1 g/mol. The molecule has 0 aliphatic heterocycles. The minimum absolute atomic E-state index is 1.24. The summed E-state index contributed by atoms with van der Waals surface area (Å²) < 4.78 is 0. The van der Waals surface area contributed by atoms with E-state index in [9.17, 15) is 0 Å². The van der Waals surface area contributed by atoms with Crippen LogP contribution in [0, 0.1) is 22.7 Å². The largest absolute Gasteiger partial charge is 0.181 e. The molecule has 6 heavy (non-hydrogen) atoms. The zero-order valence-electron chi connectivity index (χ0n) is 3.31. The number of nitrogens with zero attached hydrogens (tertiary/aromatic N) is 2. The third kappa shape index (κ3) is 103. The normalized spacial score (nSPS) is 2.33. The first-order valence-corrected chi connectivity index (χ1v) is 1.20. The third-order valence-corrected chi connectivity index (χ3v) is 0.0500. The molecule has 0 spiro atoms. The van der Waals surface area contributed by atoms with E-state index >= 15 is 0 Å². The first-order valence-electron chi connectivity index (χ1n) is 1.20. The first-order chi connectivity index (χ1) is 2.91. The summed E-state index contributed by atoms with van der Waals surface area (Å²) in [6.45, 7) is 6.00. The van der Waals surface area contributed by atoms with Crippen molar-refractivity contribution in [3.63, 3.8) is 0 Å². The minimum atomic E-state index is 1.24. The van der Waals surface area contributed by atoms with Crippen LogP contribution in [0.15, 0.2) is 13.2 Å². The minimum Gasteiger partial charge on any atom is -0.181 e. The maximum Gasteiger partial charge on any atom is 0.181 e. The summed E-state index contributed by atoms with van der Waals surface area (Å²) in [5.74, 6) is 0. The average molecular weight is 80.1 g/mol. The van der Waals surface area contributed by atoms with Crippen molar-refractivity contribution in [3.05, 3.63) is 13.2 Å². The number of nitriles is 2. The zero-order valence-corrected chi connectivity index (χ0v) is 3.31. The molecule has 0 N–H and O–H groups in total. The van der Waals surface area contributed by atoms with Gasteiger partial charge in [0.25, 0.3) is 0 Å². The standard InChI is InChI=1S/C2N2.C2H4/c3-1-2-4;1-2/h;1-2H2. The Morgan fingerprint density at radius 3 is 1.17 bits per heavy atom. The summed E-state index contributed by atoms with van der Waals surface area (Å²) in [6.07, 6.45) is 0. The molecule has 0 rings (SSSR count). The van der Waals surface area contributed by atoms with Gasteiger partial charge in [-0.25, -0.2) is 0 Å². The maximum atomic E-state index is 7.26. The Bertz CT molecular complexity index is 70.7. The van der Waals surface area contributed by atoms with Gasteiger partial charge in [0, 0.05) is 0 Å². The fraction of sp³-hybridized carbons (Fsp3) is 0. The Kier molecular flexibility index (Phi) is 78.1. The molecule has 0 amide bonds. The second-order valence-electron chi connectivity index (χ2n) is 0.224. The van der Waals surface area contributed by atoms with E-state index in [1.807, 2.05) is 0 Å². The summed E-state index contributed by atoms with van der Waals surface area (Å²) in [7, 11) is 0. The second-order valence-corrected chi connectivity index (χ2v) is 0.224. The lowest BCUT2D eigenvalue weighted by Crippen LogP contribution is -1.26. The lowest BCUT2D eigenvalue weighted by molar-refractivity contribution is 1.49. The van der Waals surface area contributed by atoms with Crippen molar-refractivity contribution in [3.8, 4) is 12.1 Å². The van der Waals surface area contributed by atoms with Crippen LogP contribution < -0.4 is 0 Å². The van der Waals surface area contributed by atoms with Gasteiger partial charge >= 0.3 is 0 Å². The van der Waals surface area contributed by atoms with E-state index in [1.54, 1.807) is 0 Å². The SMILES string of the molecule is C=C.N#CC#N. The Morgan fingerprint density at radius 1 is 1.00 bits per heavy atom. The van der Waals surface area contributed by atoms with Crippen LogP contribution in [-0.4, -0.2) is 0 Å². The summed E-state index contributed by atoms with van der Waals surface area (Å²) >= 11 is 0. The molecule has 2 heteroatoms. The number of hydrogen-bond donors (Lipinski definition) is 0. The van der Waals surface area contributed by atoms with Crippen LogP contribution in [0.3, 0.4) is 0 Å². The summed E-state index contributed by atoms with van der Waals surface area (Å²) in [5.41, 5.74) is 0. The predicted octanol–water partition coefficient (Wildman–Crippen LogP) is 0.836.